The lowest BCUT2D eigenvalue weighted by Crippen LogP contribution is -2.52. The van der Waals surface area contributed by atoms with Crippen LogP contribution in [0.3, 0.4) is 0 Å². The van der Waals surface area contributed by atoms with Crippen LogP contribution < -0.4 is 0 Å². The fourth-order valence-corrected chi connectivity index (χ4v) is 3.32. The molecule has 1 saturated heterocycles. The first-order chi connectivity index (χ1) is 10.7. The molecule has 2 atom stereocenters. The molecule has 0 aromatic carbocycles. The number of hydrogen-bond donors (Lipinski definition) is 1. The molecule has 1 heterocycles. The van der Waals surface area contributed by atoms with Crippen LogP contribution in [0.4, 0.5) is 0 Å². The Morgan fingerprint density at radius 1 is 1.30 bits per heavy atom. The van der Waals surface area contributed by atoms with E-state index in [0.29, 0.717) is 5.92 Å². The summed E-state index contributed by atoms with van der Waals surface area (Å²) in [7, 11) is 0. The van der Waals surface area contributed by atoms with Crippen LogP contribution in [0.15, 0.2) is 24.3 Å². The minimum Gasteiger partial charge on any atom is -0.356 e. The van der Waals surface area contributed by atoms with Crippen LogP contribution in [0.5, 0.6) is 0 Å². The molecule has 1 fully saturated rings. The minimum absolute atomic E-state index is 0.332. The molecule has 4 nitrogen and oxygen atoms in total. The first-order valence-electron chi connectivity index (χ1n) is 8.46. The lowest BCUT2D eigenvalue weighted by Gasteiger charge is -2.38. The van der Waals surface area contributed by atoms with E-state index < -0.39 is 6.41 Å². The second-order valence-corrected chi connectivity index (χ2v) is 8.06. The Bertz CT molecular complexity index is 385. The fourth-order valence-electron chi connectivity index (χ4n) is 2.60. The fraction of sp³-hybridized carbons (Fsp3) is 0.778. The van der Waals surface area contributed by atoms with Crippen LogP contribution in [-0.2, 0) is 4.74 Å². The Kier molecular flexibility index (Phi) is 9.01. The van der Waals surface area contributed by atoms with Crippen LogP contribution in [0, 0.1) is 5.92 Å². The predicted molar refractivity (Wildman–Crippen MR) is 101 cm³/mol. The third-order valence-electron chi connectivity index (χ3n) is 3.91. The summed E-state index contributed by atoms with van der Waals surface area (Å²) >= 11 is 3.49. The largest absolute Gasteiger partial charge is 0.356 e. The van der Waals surface area contributed by atoms with E-state index in [1.165, 1.54) is 5.57 Å². The zero-order valence-electron chi connectivity index (χ0n) is 15.1. The first-order valence-corrected chi connectivity index (χ1v) is 9.58. The summed E-state index contributed by atoms with van der Waals surface area (Å²) in [5.41, 5.74) is 0.958. The summed E-state index contributed by atoms with van der Waals surface area (Å²) in [6, 6.07) is 0. The number of rotatable bonds is 8. The molecule has 0 saturated carbocycles. The van der Waals surface area contributed by atoms with Gasteiger partial charge < -0.3 is 9.84 Å². The molecule has 0 spiro atoms. The molecule has 0 aliphatic carbocycles. The van der Waals surface area contributed by atoms with Gasteiger partial charge in [-0.3, -0.25) is 9.80 Å². The molecular weight excluding hydrogens is 356 g/mol. The van der Waals surface area contributed by atoms with Crippen molar-refractivity contribution in [1.29, 1.82) is 0 Å². The smallest absolute Gasteiger partial charge is 0.216 e. The van der Waals surface area contributed by atoms with Gasteiger partial charge >= 0.3 is 0 Å². The highest BCUT2D eigenvalue weighted by Crippen LogP contribution is 2.16. The second-order valence-electron chi connectivity index (χ2n) is 7.27. The summed E-state index contributed by atoms with van der Waals surface area (Å²) in [5.74, 6) is 0.561. The Balaban J connectivity index is 2.45. The molecule has 1 aliphatic heterocycles. The van der Waals surface area contributed by atoms with Crippen molar-refractivity contribution in [3.05, 3.63) is 24.3 Å². The highest BCUT2D eigenvalue weighted by atomic mass is 79.9. The van der Waals surface area contributed by atoms with E-state index in [0.717, 1.165) is 44.5 Å². The zero-order valence-corrected chi connectivity index (χ0v) is 16.7. The number of aliphatic hydroxyl groups is 1. The van der Waals surface area contributed by atoms with Crippen molar-refractivity contribution in [3.8, 4) is 0 Å². The topological polar surface area (TPSA) is 35.9 Å². The van der Waals surface area contributed by atoms with Gasteiger partial charge in [0, 0.05) is 38.1 Å². The van der Waals surface area contributed by atoms with Gasteiger partial charge in [-0.25, -0.2) is 0 Å². The van der Waals surface area contributed by atoms with Crippen molar-refractivity contribution < 1.29 is 9.84 Å². The number of allylic oxidation sites excluding steroid dienone is 1. The molecule has 1 N–H and O–H groups in total. The van der Waals surface area contributed by atoms with E-state index in [2.05, 4.69) is 40.4 Å². The molecule has 0 unspecified atom stereocenters. The Morgan fingerprint density at radius 2 is 1.91 bits per heavy atom. The van der Waals surface area contributed by atoms with Crippen LogP contribution >= 0.6 is 15.9 Å². The van der Waals surface area contributed by atoms with E-state index >= 15 is 0 Å². The van der Waals surface area contributed by atoms with Crippen LogP contribution in [0.1, 0.15) is 34.1 Å². The van der Waals surface area contributed by atoms with Crippen LogP contribution in [-0.4, -0.2) is 65.0 Å². The molecule has 0 aromatic heterocycles. The van der Waals surface area contributed by atoms with Gasteiger partial charge in [-0.15, -0.1) is 0 Å². The maximum Gasteiger partial charge on any atom is 0.216 e. The lowest BCUT2D eigenvalue weighted by atomic mass is 10.0. The molecule has 0 radical (unpaired) electrons. The van der Waals surface area contributed by atoms with Gasteiger partial charge in [-0.1, -0.05) is 41.6 Å². The Labute approximate surface area is 150 Å². The maximum atomic E-state index is 10.2. The molecule has 1 aliphatic rings. The van der Waals surface area contributed by atoms with Gasteiger partial charge in [-0.2, -0.15) is 0 Å². The second kappa shape index (κ2) is 9.94. The van der Waals surface area contributed by atoms with Gasteiger partial charge in [-0.05, 0) is 38.7 Å². The number of alkyl halides is 1. The van der Waals surface area contributed by atoms with E-state index in [9.17, 15) is 5.11 Å². The van der Waals surface area contributed by atoms with Crippen molar-refractivity contribution in [2.24, 2.45) is 5.92 Å². The average Bonchev–Trinajstić information content (AvgIpc) is 2.45. The van der Waals surface area contributed by atoms with E-state index in [-0.39, 0.29) is 5.60 Å². The zero-order chi connectivity index (χ0) is 17.5. The SMILES string of the molecule is C=C/C(=C\[C@H](C)CCBr)CN1CCN([C@H](O)OC(C)(C)C)CC1. The highest BCUT2D eigenvalue weighted by molar-refractivity contribution is 9.09. The summed E-state index contributed by atoms with van der Waals surface area (Å²) in [6.45, 7) is 16.5. The Morgan fingerprint density at radius 3 is 2.39 bits per heavy atom. The lowest BCUT2D eigenvalue weighted by molar-refractivity contribution is -0.243. The van der Waals surface area contributed by atoms with Gasteiger partial charge in [0.25, 0.3) is 0 Å². The predicted octanol–water partition coefficient (Wildman–Crippen LogP) is 3.23. The van der Waals surface area contributed by atoms with Crippen LogP contribution in [0.2, 0.25) is 0 Å². The van der Waals surface area contributed by atoms with E-state index in [4.69, 9.17) is 4.74 Å². The molecule has 134 valence electrons. The van der Waals surface area contributed by atoms with Crippen molar-refractivity contribution in [2.45, 2.75) is 46.1 Å². The standard InChI is InChI=1S/C18H33BrN2O2/c1-6-16(13-15(2)7-8-19)14-20-9-11-21(12-10-20)17(22)23-18(3,4)5/h6,13,15,17,22H,1,7-12,14H2,2-5H3/b16-13+/t15-,17-/m1/s1. The van der Waals surface area contributed by atoms with Crippen molar-refractivity contribution in [1.82, 2.24) is 9.80 Å². The molecule has 1 rings (SSSR count). The third-order valence-corrected chi connectivity index (χ3v) is 4.37. The molecular formula is C18H33BrN2O2. The summed E-state index contributed by atoms with van der Waals surface area (Å²) in [4.78, 5) is 4.40. The summed E-state index contributed by atoms with van der Waals surface area (Å²) in [5, 5.41) is 11.2. The monoisotopic (exact) mass is 388 g/mol. The van der Waals surface area contributed by atoms with Gasteiger partial charge in [0.2, 0.25) is 6.41 Å². The van der Waals surface area contributed by atoms with Crippen molar-refractivity contribution in [2.75, 3.05) is 38.1 Å². The Hall–Kier alpha value is -0.200. The third kappa shape index (κ3) is 8.45. The van der Waals surface area contributed by atoms with Gasteiger partial charge in [0.15, 0.2) is 0 Å². The van der Waals surface area contributed by atoms with Crippen molar-refractivity contribution >= 4 is 15.9 Å². The highest BCUT2D eigenvalue weighted by Gasteiger charge is 2.26. The first kappa shape index (κ1) is 20.8. The number of ether oxygens (including phenoxy) is 1. The number of nitrogens with zero attached hydrogens (tertiary/aromatic N) is 2. The number of halogens is 1. The number of piperazine rings is 1. The van der Waals surface area contributed by atoms with E-state index in [1.54, 1.807) is 0 Å². The van der Waals surface area contributed by atoms with Gasteiger partial charge in [0.05, 0.1) is 5.60 Å². The average molecular weight is 389 g/mol. The minimum atomic E-state index is -0.814. The number of aliphatic hydroxyl groups excluding tert-OH is 1. The molecule has 23 heavy (non-hydrogen) atoms. The van der Waals surface area contributed by atoms with E-state index in [1.807, 2.05) is 31.7 Å². The normalized spacial score (nSPS) is 21.2. The molecule has 0 bridgehead atoms. The number of hydrogen-bond acceptors (Lipinski definition) is 4. The van der Waals surface area contributed by atoms with Gasteiger partial charge in [0.1, 0.15) is 0 Å². The summed E-state index contributed by atoms with van der Waals surface area (Å²) < 4.78 is 5.63. The molecule has 0 aromatic rings. The molecule has 5 heteroatoms. The quantitative estimate of drug-likeness (QED) is 0.393. The summed E-state index contributed by atoms with van der Waals surface area (Å²) in [6.07, 6.45) is 4.61. The molecule has 0 amide bonds. The van der Waals surface area contributed by atoms with Crippen LogP contribution in [0.25, 0.3) is 0 Å². The van der Waals surface area contributed by atoms with Crippen molar-refractivity contribution in [3.63, 3.8) is 0 Å². The maximum absolute atomic E-state index is 10.2.